The highest BCUT2D eigenvalue weighted by Gasteiger charge is 2.32. The Bertz CT molecular complexity index is 1240. The summed E-state index contributed by atoms with van der Waals surface area (Å²) in [5.41, 5.74) is 13.0. The molecular formula is C25H27N3O4. The molecule has 3 aromatic rings. The molecule has 2 heterocycles. The van der Waals surface area contributed by atoms with Crippen molar-refractivity contribution in [2.75, 3.05) is 38.8 Å². The molecule has 0 fully saturated rings. The summed E-state index contributed by atoms with van der Waals surface area (Å²) in [7, 11) is 3.22. The molecule has 166 valence electrons. The fourth-order valence-electron chi connectivity index (χ4n) is 5.04. The Kier molecular flexibility index (Phi) is 5.13. The molecule has 5 rings (SSSR count). The molecule has 2 aliphatic rings. The minimum atomic E-state index is -0.0171. The maximum atomic E-state index is 12.5. The first-order valence-corrected chi connectivity index (χ1v) is 10.9. The number of fused-ring (bicyclic) bond motifs is 4. The molecule has 1 aromatic heterocycles. The number of aryl methyl sites for hydroxylation is 1. The van der Waals surface area contributed by atoms with Crippen LogP contribution in [0.25, 0.3) is 22.2 Å². The molecule has 7 nitrogen and oxygen atoms in total. The zero-order valence-electron chi connectivity index (χ0n) is 18.7. The number of hydrogen-bond donors (Lipinski definition) is 1. The summed E-state index contributed by atoms with van der Waals surface area (Å²) in [6.45, 7) is 3.18. The van der Waals surface area contributed by atoms with Crippen molar-refractivity contribution in [3.63, 3.8) is 0 Å². The van der Waals surface area contributed by atoms with Crippen molar-refractivity contribution in [2.24, 2.45) is 5.73 Å². The molecule has 0 atom stereocenters. The van der Waals surface area contributed by atoms with Gasteiger partial charge in [0.2, 0.25) is 5.91 Å². The molecule has 0 bridgehead atoms. The van der Waals surface area contributed by atoms with Crippen molar-refractivity contribution < 1.29 is 19.0 Å². The molecule has 1 aliphatic carbocycles. The molecule has 2 N–H and O–H groups in total. The van der Waals surface area contributed by atoms with Gasteiger partial charge in [-0.1, -0.05) is 0 Å². The quantitative estimate of drug-likeness (QED) is 0.665. The van der Waals surface area contributed by atoms with Crippen LogP contribution >= 0.6 is 0 Å². The van der Waals surface area contributed by atoms with Gasteiger partial charge in [-0.25, -0.2) is 4.98 Å². The molecule has 1 amide bonds. The fraction of sp³-hybridized carbons (Fsp3) is 0.360. The standard InChI is InChI=1S/C25H27N3O4/c1-14(29)28-10-8-18-19-6-4-15-12-16(32-11-9-26)5-7-17(15)23(19)27-20-13-21(30-2)25(31-3)24(28)22(18)20/h5,7,12-13H,4,6,8-11,26H2,1-3H3. The van der Waals surface area contributed by atoms with E-state index in [9.17, 15) is 4.79 Å². The van der Waals surface area contributed by atoms with E-state index in [1.165, 1.54) is 16.7 Å². The second-order valence-electron chi connectivity index (χ2n) is 8.15. The average Bonchev–Trinajstić information content (AvgIpc) is 2.81. The van der Waals surface area contributed by atoms with Gasteiger partial charge >= 0.3 is 0 Å². The molecule has 0 saturated heterocycles. The lowest BCUT2D eigenvalue weighted by Crippen LogP contribution is -2.34. The van der Waals surface area contributed by atoms with Crippen LogP contribution < -0.4 is 24.8 Å². The number of amides is 1. The van der Waals surface area contributed by atoms with Crippen molar-refractivity contribution in [1.82, 2.24) is 4.98 Å². The molecular weight excluding hydrogens is 406 g/mol. The van der Waals surface area contributed by atoms with E-state index in [0.717, 1.165) is 52.9 Å². The number of hydrogen-bond acceptors (Lipinski definition) is 6. The van der Waals surface area contributed by atoms with Crippen LogP contribution in [0.15, 0.2) is 24.3 Å². The van der Waals surface area contributed by atoms with E-state index >= 15 is 0 Å². The number of rotatable bonds is 5. The number of benzene rings is 2. The summed E-state index contributed by atoms with van der Waals surface area (Å²) in [4.78, 5) is 19.3. The summed E-state index contributed by atoms with van der Waals surface area (Å²) in [5, 5.41) is 0.995. The van der Waals surface area contributed by atoms with Gasteiger partial charge in [0.05, 0.1) is 31.1 Å². The molecule has 2 aromatic carbocycles. The minimum absolute atomic E-state index is 0.0171. The van der Waals surface area contributed by atoms with Crippen LogP contribution in [-0.2, 0) is 24.1 Å². The first-order valence-electron chi connectivity index (χ1n) is 10.9. The Balaban J connectivity index is 1.76. The van der Waals surface area contributed by atoms with Crippen LogP contribution in [-0.4, -0.2) is 44.8 Å². The lowest BCUT2D eigenvalue weighted by molar-refractivity contribution is -0.116. The number of anilines is 1. The van der Waals surface area contributed by atoms with Gasteiger partial charge in [-0.05, 0) is 54.2 Å². The van der Waals surface area contributed by atoms with E-state index in [1.54, 1.807) is 26.0 Å². The highest BCUT2D eigenvalue weighted by molar-refractivity contribution is 6.09. The Labute approximate surface area is 187 Å². The Morgan fingerprint density at radius 2 is 1.97 bits per heavy atom. The van der Waals surface area contributed by atoms with Crippen molar-refractivity contribution in [1.29, 1.82) is 0 Å². The second-order valence-corrected chi connectivity index (χ2v) is 8.15. The van der Waals surface area contributed by atoms with Gasteiger partial charge in [-0.2, -0.15) is 0 Å². The summed E-state index contributed by atoms with van der Waals surface area (Å²) >= 11 is 0. The van der Waals surface area contributed by atoms with Crippen molar-refractivity contribution in [2.45, 2.75) is 26.2 Å². The first kappa shape index (κ1) is 20.6. The number of aromatic nitrogens is 1. The summed E-state index contributed by atoms with van der Waals surface area (Å²) in [6, 6.07) is 8.09. The number of carbonyl (C=O) groups excluding carboxylic acids is 1. The number of methoxy groups -OCH3 is 2. The highest BCUT2D eigenvalue weighted by Crippen LogP contribution is 2.49. The maximum Gasteiger partial charge on any atom is 0.223 e. The Morgan fingerprint density at radius 3 is 2.69 bits per heavy atom. The zero-order chi connectivity index (χ0) is 22.4. The number of carbonyl (C=O) groups is 1. The number of nitrogens with two attached hydrogens (primary N) is 1. The normalized spacial score (nSPS) is 14.1. The van der Waals surface area contributed by atoms with E-state index < -0.39 is 0 Å². The zero-order valence-corrected chi connectivity index (χ0v) is 18.7. The topological polar surface area (TPSA) is 86.9 Å². The minimum Gasteiger partial charge on any atom is -0.493 e. The predicted molar refractivity (Wildman–Crippen MR) is 124 cm³/mol. The van der Waals surface area contributed by atoms with Crippen LogP contribution in [0.2, 0.25) is 0 Å². The van der Waals surface area contributed by atoms with E-state index in [4.69, 9.17) is 24.9 Å². The number of nitrogens with zero attached hydrogens (tertiary/aromatic N) is 2. The first-order chi connectivity index (χ1) is 15.6. The van der Waals surface area contributed by atoms with E-state index in [-0.39, 0.29) is 5.91 Å². The second kappa shape index (κ2) is 7.98. The van der Waals surface area contributed by atoms with Gasteiger partial charge in [-0.15, -0.1) is 0 Å². The van der Waals surface area contributed by atoms with Crippen molar-refractivity contribution >= 4 is 22.5 Å². The molecule has 0 radical (unpaired) electrons. The third-order valence-corrected chi connectivity index (χ3v) is 6.41. The van der Waals surface area contributed by atoms with Gasteiger partial charge in [0, 0.05) is 37.0 Å². The van der Waals surface area contributed by atoms with E-state index in [0.29, 0.717) is 31.2 Å². The molecule has 0 saturated carbocycles. The Morgan fingerprint density at radius 1 is 1.12 bits per heavy atom. The third-order valence-electron chi connectivity index (χ3n) is 6.41. The van der Waals surface area contributed by atoms with Gasteiger partial charge in [-0.3, -0.25) is 4.79 Å². The molecule has 32 heavy (non-hydrogen) atoms. The fourth-order valence-corrected chi connectivity index (χ4v) is 5.04. The van der Waals surface area contributed by atoms with Gasteiger partial charge in [0.25, 0.3) is 0 Å². The van der Waals surface area contributed by atoms with Gasteiger partial charge in [0.1, 0.15) is 12.4 Å². The number of pyridine rings is 1. The predicted octanol–water partition coefficient (Wildman–Crippen LogP) is 3.26. The van der Waals surface area contributed by atoms with E-state index in [1.807, 2.05) is 12.1 Å². The summed E-state index contributed by atoms with van der Waals surface area (Å²) < 4.78 is 17.1. The lowest BCUT2D eigenvalue weighted by Gasteiger charge is -2.33. The SMILES string of the molecule is COc1cc2nc3c(c4c2c(c1OC)N(C(C)=O)CC4)CCc1cc(OCCN)ccc1-3. The van der Waals surface area contributed by atoms with Crippen molar-refractivity contribution in [3.05, 3.63) is 41.0 Å². The monoisotopic (exact) mass is 433 g/mol. The van der Waals surface area contributed by atoms with Gasteiger partial charge in [0.15, 0.2) is 11.5 Å². The summed E-state index contributed by atoms with van der Waals surface area (Å²) in [5.74, 6) is 1.97. The van der Waals surface area contributed by atoms with Crippen LogP contribution in [0.1, 0.15) is 23.6 Å². The Hall–Kier alpha value is -3.32. The molecule has 1 aliphatic heterocycles. The molecule has 0 spiro atoms. The highest BCUT2D eigenvalue weighted by atomic mass is 16.5. The molecule has 7 heteroatoms. The maximum absolute atomic E-state index is 12.5. The van der Waals surface area contributed by atoms with Gasteiger partial charge < -0.3 is 24.8 Å². The van der Waals surface area contributed by atoms with Crippen LogP contribution in [0.4, 0.5) is 5.69 Å². The van der Waals surface area contributed by atoms with Crippen LogP contribution in [0.5, 0.6) is 17.2 Å². The third kappa shape index (κ3) is 3.07. The lowest BCUT2D eigenvalue weighted by atomic mass is 9.83. The molecule has 0 unspecified atom stereocenters. The largest absolute Gasteiger partial charge is 0.493 e. The van der Waals surface area contributed by atoms with Crippen LogP contribution in [0.3, 0.4) is 0 Å². The smallest absolute Gasteiger partial charge is 0.223 e. The average molecular weight is 434 g/mol. The van der Waals surface area contributed by atoms with E-state index in [2.05, 4.69) is 12.1 Å². The summed E-state index contributed by atoms with van der Waals surface area (Å²) in [6.07, 6.45) is 2.60. The van der Waals surface area contributed by atoms with Crippen molar-refractivity contribution in [3.8, 4) is 28.5 Å². The number of ether oxygens (including phenoxy) is 3. The van der Waals surface area contributed by atoms with Crippen LogP contribution in [0, 0.1) is 0 Å².